The number of aryl methyl sites for hydroxylation is 1. The van der Waals surface area contributed by atoms with Crippen molar-refractivity contribution in [3.05, 3.63) is 93.8 Å². The van der Waals surface area contributed by atoms with Crippen LogP contribution in [0.2, 0.25) is 0 Å². The maximum atomic E-state index is 14.2. The SMILES string of the molecule is CCCO[C@H]1CC[C@@H]([C@@H](O)[C@@H](CC(=O)c2cc(C(=O)N3CCC[C@@H]3c3nc(C)cs3)cc(-c3ncco3)c2)Cc2ccccc2)C1. The minimum absolute atomic E-state index is 0.0701. The molecule has 0 radical (unpaired) electrons. The van der Waals surface area contributed by atoms with Crippen molar-refractivity contribution in [2.45, 2.75) is 83.5 Å². The minimum Gasteiger partial charge on any atom is -0.445 e. The van der Waals surface area contributed by atoms with E-state index in [1.54, 1.807) is 35.7 Å². The van der Waals surface area contributed by atoms with E-state index < -0.39 is 6.10 Å². The van der Waals surface area contributed by atoms with Gasteiger partial charge in [-0.1, -0.05) is 37.3 Å². The van der Waals surface area contributed by atoms with Crippen LogP contribution in [0.15, 0.2) is 70.8 Å². The summed E-state index contributed by atoms with van der Waals surface area (Å²) < 4.78 is 11.6. The molecule has 1 saturated carbocycles. The van der Waals surface area contributed by atoms with Gasteiger partial charge in [0.15, 0.2) is 5.78 Å². The predicted molar refractivity (Wildman–Crippen MR) is 178 cm³/mol. The molecule has 1 amide bonds. The number of hydrogen-bond donors (Lipinski definition) is 1. The van der Waals surface area contributed by atoms with E-state index in [4.69, 9.17) is 9.15 Å². The van der Waals surface area contributed by atoms with Gasteiger partial charge in [-0.05, 0) is 87.5 Å². The standard InChI is InChI=1S/C37H43N3O5S/c1-3-15-44-31-12-11-26(21-31)34(42)28(17-25-8-5-4-6-9-25)22-33(41)27-18-29(35-38-13-16-45-35)20-30(19-27)37(43)40-14-7-10-32(40)36-39-24(2)23-46-36/h4-6,8-9,13,16,18-20,23,26,28,31-32,34,42H,3,7,10-12,14-15,17,21-22H2,1-2H3/t26-,28-,31+,32-,34-/m1/s1. The topological polar surface area (TPSA) is 106 Å². The third kappa shape index (κ3) is 7.48. The molecule has 5 atom stereocenters. The molecule has 8 nitrogen and oxygen atoms in total. The van der Waals surface area contributed by atoms with Gasteiger partial charge in [0, 0.05) is 47.3 Å². The Morgan fingerprint density at radius 2 is 1.96 bits per heavy atom. The normalized spacial score (nSPS) is 21.0. The smallest absolute Gasteiger partial charge is 0.254 e. The number of nitrogens with zero attached hydrogens (tertiary/aromatic N) is 3. The van der Waals surface area contributed by atoms with Crippen molar-refractivity contribution in [3.63, 3.8) is 0 Å². The number of aliphatic hydroxyl groups is 1. The molecule has 1 aliphatic heterocycles. The zero-order valence-electron chi connectivity index (χ0n) is 26.6. The molecule has 0 spiro atoms. The summed E-state index contributed by atoms with van der Waals surface area (Å²) in [4.78, 5) is 39.1. The van der Waals surface area contributed by atoms with E-state index in [1.807, 2.05) is 47.5 Å². The van der Waals surface area contributed by atoms with Crippen LogP contribution in [0.4, 0.5) is 0 Å². The van der Waals surface area contributed by atoms with Crippen LogP contribution in [0.3, 0.4) is 0 Å². The highest BCUT2D eigenvalue weighted by Gasteiger charge is 2.36. The summed E-state index contributed by atoms with van der Waals surface area (Å²) >= 11 is 1.58. The van der Waals surface area contributed by atoms with Crippen molar-refractivity contribution in [1.29, 1.82) is 0 Å². The largest absolute Gasteiger partial charge is 0.445 e. The summed E-state index contributed by atoms with van der Waals surface area (Å²) in [5, 5.41) is 14.7. The van der Waals surface area contributed by atoms with Crippen LogP contribution in [-0.4, -0.2) is 57.0 Å². The summed E-state index contributed by atoms with van der Waals surface area (Å²) in [5.74, 6) is -0.121. The summed E-state index contributed by atoms with van der Waals surface area (Å²) in [7, 11) is 0. The number of amides is 1. The van der Waals surface area contributed by atoms with Crippen molar-refractivity contribution >= 4 is 23.0 Å². The van der Waals surface area contributed by atoms with Crippen LogP contribution in [0, 0.1) is 18.8 Å². The molecule has 4 aromatic rings. The minimum atomic E-state index is -0.650. The Morgan fingerprint density at radius 1 is 1.13 bits per heavy atom. The summed E-state index contributed by atoms with van der Waals surface area (Å²) in [6.45, 7) is 5.42. The predicted octanol–water partition coefficient (Wildman–Crippen LogP) is 7.47. The Hall–Kier alpha value is -3.66. The molecule has 2 aromatic heterocycles. The zero-order chi connectivity index (χ0) is 32.0. The van der Waals surface area contributed by atoms with Gasteiger partial charge in [0.25, 0.3) is 5.91 Å². The zero-order valence-corrected chi connectivity index (χ0v) is 27.5. The maximum absolute atomic E-state index is 14.2. The van der Waals surface area contributed by atoms with E-state index in [0.717, 1.165) is 61.4 Å². The fourth-order valence-corrected chi connectivity index (χ4v) is 7.99. The quantitative estimate of drug-likeness (QED) is 0.151. The molecule has 0 unspecified atom stereocenters. The number of carbonyl (C=O) groups excluding carboxylic acids is 2. The van der Waals surface area contributed by atoms with Gasteiger partial charge in [-0.15, -0.1) is 11.3 Å². The van der Waals surface area contributed by atoms with Crippen LogP contribution >= 0.6 is 11.3 Å². The van der Waals surface area contributed by atoms with E-state index in [1.165, 1.54) is 6.26 Å². The summed E-state index contributed by atoms with van der Waals surface area (Å²) in [6.07, 6.45) is 8.60. The highest BCUT2D eigenvalue weighted by molar-refractivity contribution is 7.09. The Bertz CT molecular complexity index is 1600. The van der Waals surface area contributed by atoms with Crippen LogP contribution in [0.5, 0.6) is 0 Å². The third-order valence-electron chi connectivity index (χ3n) is 9.35. The third-order valence-corrected chi connectivity index (χ3v) is 10.4. The molecule has 6 rings (SSSR count). The van der Waals surface area contributed by atoms with Crippen LogP contribution < -0.4 is 0 Å². The van der Waals surface area contributed by atoms with Gasteiger partial charge in [0.05, 0.1) is 24.4 Å². The van der Waals surface area contributed by atoms with Gasteiger partial charge < -0.3 is 19.2 Å². The summed E-state index contributed by atoms with van der Waals surface area (Å²) in [5.41, 5.74) is 3.45. The number of rotatable bonds is 13. The molecule has 9 heteroatoms. The average molecular weight is 642 g/mol. The molecule has 3 heterocycles. The number of benzene rings is 2. The lowest BCUT2D eigenvalue weighted by molar-refractivity contribution is 0.0244. The Kier molecular flexibility index (Phi) is 10.4. The Morgan fingerprint density at radius 3 is 2.70 bits per heavy atom. The molecule has 2 aliphatic rings. The fraction of sp³-hybridized carbons (Fsp3) is 0.459. The molecule has 1 N–H and O–H groups in total. The van der Waals surface area contributed by atoms with Gasteiger partial charge in [-0.25, -0.2) is 9.97 Å². The number of likely N-dealkylation sites (tertiary alicyclic amines) is 1. The molecule has 2 fully saturated rings. The van der Waals surface area contributed by atoms with Crippen LogP contribution in [-0.2, 0) is 11.2 Å². The van der Waals surface area contributed by atoms with E-state index in [9.17, 15) is 14.7 Å². The number of oxazole rings is 1. The van der Waals surface area contributed by atoms with Crippen molar-refractivity contribution in [2.75, 3.05) is 13.2 Å². The second-order valence-corrected chi connectivity index (χ2v) is 13.6. The van der Waals surface area contributed by atoms with Gasteiger partial charge in [-0.3, -0.25) is 9.59 Å². The van der Waals surface area contributed by atoms with E-state index in [-0.39, 0.29) is 42.1 Å². The Balaban J connectivity index is 1.27. The lowest BCUT2D eigenvalue weighted by atomic mass is 9.81. The van der Waals surface area contributed by atoms with Gasteiger partial charge in [-0.2, -0.15) is 0 Å². The maximum Gasteiger partial charge on any atom is 0.254 e. The number of ketones is 1. The second kappa shape index (κ2) is 14.8. The molecule has 2 aromatic carbocycles. The lowest BCUT2D eigenvalue weighted by Crippen LogP contribution is -2.32. The first-order valence-corrected chi connectivity index (χ1v) is 17.4. The van der Waals surface area contributed by atoms with Crippen molar-refractivity contribution in [2.24, 2.45) is 11.8 Å². The molecule has 242 valence electrons. The number of aromatic nitrogens is 2. The van der Waals surface area contributed by atoms with Gasteiger partial charge >= 0.3 is 0 Å². The van der Waals surface area contributed by atoms with Gasteiger partial charge in [0.2, 0.25) is 5.89 Å². The highest BCUT2D eigenvalue weighted by Crippen LogP contribution is 2.37. The van der Waals surface area contributed by atoms with Crippen molar-refractivity contribution in [1.82, 2.24) is 14.9 Å². The van der Waals surface area contributed by atoms with E-state index in [0.29, 0.717) is 35.5 Å². The number of thiazole rings is 1. The van der Waals surface area contributed by atoms with Crippen LogP contribution in [0.1, 0.15) is 94.9 Å². The van der Waals surface area contributed by atoms with E-state index >= 15 is 0 Å². The van der Waals surface area contributed by atoms with Gasteiger partial charge in [0.1, 0.15) is 11.3 Å². The first kappa shape index (κ1) is 32.3. The molecular weight excluding hydrogens is 598 g/mol. The first-order valence-electron chi connectivity index (χ1n) is 16.5. The fourth-order valence-electron chi connectivity index (χ4n) is 7.05. The Labute approximate surface area is 274 Å². The molecule has 1 saturated heterocycles. The number of hydrogen-bond acceptors (Lipinski definition) is 8. The summed E-state index contributed by atoms with van der Waals surface area (Å²) in [6, 6.07) is 15.2. The monoisotopic (exact) mass is 641 g/mol. The highest BCUT2D eigenvalue weighted by atomic mass is 32.1. The molecule has 1 aliphatic carbocycles. The molecular formula is C37H43N3O5S. The van der Waals surface area contributed by atoms with Crippen LogP contribution in [0.25, 0.3) is 11.5 Å². The number of ether oxygens (including phenoxy) is 1. The molecule has 0 bridgehead atoms. The van der Waals surface area contributed by atoms with Crippen molar-refractivity contribution < 1.29 is 23.8 Å². The average Bonchev–Trinajstić information content (AvgIpc) is 3.91. The first-order chi connectivity index (χ1) is 22.4. The number of Topliss-reactive ketones (excluding diaryl/α,β-unsaturated/α-hetero) is 1. The number of carbonyl (C=O) groups is 2. The second-order valence-electron chi connectivity index (χ2n) is 12.8. The van der Waals surface area contributed by atoms with E-state index in [2.05, 4.69) is 16.9 Å². The number of aliphatic hydroxyl groups excluding tert-OH is 1. The lowest BCUT2D eigenvalue weighted by Gasteiger charge is -2.28. The van der Waals surface area contributed by atoms with Crippen molar-refractivity contribution in [3.8, 4) is 11.5 Å². The molecule has 46 heavy (non-hydrogen) atoms.